The number of halogens is 2. The Kier molecular flexibility index (Phi) is 7.32. The van der Waals surface area contributed by atoms with Crippen molar-refractivity contribution in [2.75, 3.05) is 32.7 Å². The standard InChI is InChI=1S/C24H27ClFN5O4/c1-13-22(25)14(2)29-23(28-13)18-10-31(11-19(18)27)24(34)17-4-3-15(26)9-20(17)35-16-5-7-30(8-6-16)12-21(32)33/h3-4,9,16,18,27H,5-8,10-12H2,1-2H3,(H,32,33). The first-order valence-electron chi connectivity index (χ1n) is 11.4. The summed E-state index contributed by atoms with van der Waals surface area (Å²) in [7, 11) is 0. The van der Waals surface area contributed by atoms with Gasteiger partial charge < -0.3 is 20.2 Å². The first-order valence-corrected chi connectivity index (χ1v) is 11.8. The number of piperidine rings is 1. The Morgan fingerprint density at radius 3 is 2.51 bits per heavy atom. The summed E-state index contributed by atoms with van der Waals surface area (Å²) in [5.74, 6) is -1.61. The third kappa shape index (κ3) is 5.59. The Balaban J connectivity index is 1.48. The molecule has 3 heterocycles. The minimum absolute atomic E-state index is 0.0328. The number of aliphatic carboxylic acids is 1. The molecule has 4 rings (SSSR count). The second kappa shape index (κ2) is 10.2. The Labute approximate surface area is 207 Å². The molecule has 11 heteroatoms. The molecule has 0 bridgehead atoms. The number of carbonyl (C=O) groups excluding carboxylic acids is 1. The van der Waals surface area contributed by atoms with Crippen molar-refractivity contribution in [3.05, 3.63) is 51.8 Å². The van der Waals surface area contributed by atoms with E-state index in [2.05, 4.69) is 9.97 Å². The van der Waals surface area contributed by atoms with Gasteiger partial charge in [-0.15, -0.1) is 0 Å². The number of aromatic nitrogens is 2. The van der Waals surface area contributed by atoms with Crippen molar-refractivity contribution in [3.8, 4) is 5.75 Å². The maximum atomic E-state index is 14.1. The van der Waals surface area contributed by atoms with Crippen molar-refractivity contribution in [2.24, 2.45) is 0 Å². The molecule has 0 saturated carbocycles. The van der Waals surface area contributed by atoms with Crippen LogP contribution in [0.25, 0.3) is 0 Å². The monoisotopic (exact) mass is 503 g/mol. The number of hydrogen-bond acceptors (Lipinski definition) is 7. The van der Waals surface area contributed by atoms with Gasteiger partial charge in [-0.1, -0.05) is 11.6 Å². The molecule has 2 aliphatic heterocycles. The number of nitrogens with one attached hydrogen (secondary N) is 1. The maximum absolute atomic E-state index is 14.1. The maximum Gasteiger partial charge on any atom is 0.317 e. The lowest BCUT2D eigenvalue weighted by atomic mass is 10.1. The van der Waals surface area contributed by atoms with Crippen LogP contribution in [-0.2, 0) is 4.79 Å². The number of carboxylic acids is 1. The minimum atomic E-state index is -0.883. The third-order valence-electron chi connectivity index (χ3n) is 6.34. The topological polar surface area (TPSA) is 120 Å². The van der Waals surface area contributed by atoms with E-state index in [1.54, 1.807) is 13.8 Å². The van der Waals surface area contributed by atoms with Crippen LogP contribution in [0.2, 0.25) is 5.02 Å². The van der Waals surface area contributed by atoms with Gasteiger partial charge in [0.25, 0.3) is 5.91 Å². The fourth-order valence-corrected chi connectivity index (χ4v) is 4.57. The van der Waals surface area contributed by atoms with Gasteiger partial charge >= 0.3 is 5.97 Å². The highest BCUT2D eigenvalue weighted by atomic mass is 35.5. The molecule has 2 N–H and O–H groups in total. The van der Waals surface area contributed by atoms with Gasteiger partial charge in [0.05, 0.1) is 41.0 Å². The van der Waals surface area contributed by atoms with E-state index in [1.165, 1.54) is 23.1 Å². The van der Waals surface area contributed by atoms with E-state index in [0.29, 0.717) is 53.9 Å². The summed E-state index contributed by atoms with van der Waals surface area (Å²) < 4.78 is 20.1. The lowest BCUT2D eigenvalue weighted by molar-refractivity contribution is -0.138. The largest absolute Gasteiger partial charge is 0.489 e. The lowest BCUT2D eigenvalue weighted by Crippen LogP contribution is -2.41. The quantitative estimate of drug-likeness (QED) is 0.621. The number of benzene rings is 1. The van der Waals surface area contributed by atoms with Crippen LogP contribution in [0.3, 0.4) is 0 Å². The van der Waals surface area contributed by atoms with Crippen LogP contribution in [0.1, 0.15) is 46.3 Å². The second-order valence-electron chi connectivity index (χ2n) is 8.96. The minimum Gasteiger partial charge on any atom is -0.489 e. The SMILES string of the molecule is Cc1nc(C2CN(C(=O)c3ccc(F)cc3OC3CCN(CC(=O)O)CC3)CC2=N)nc(C)c1Cl. The Morgan fingerprint density at radius 1 is 1.23 bits per heavy atom. The van der Waals surface area contributed by atoms with Crippen LogP contribution < -0.4 is 4.74 Å². The molecule has 9 nitrogen and oxygen atoms in total. The normalized spacial score (nSPS) is 19.3. The summed E-state index contributed by atoms with van der Waals surface area (Å²) in [4.78, 5) is 36.5. The molecule has 0 spiro atoms. The zero-order valence-corrected chi connectivity index (χ0v) is 20.3. The highest BCUT2D eigenvalue weighted by Gasteiger charge is 2.36. The zero-order valence-electron chi connectivity index (χ0n) is 19.6. The van der Waals surface area contributed by atoms with E-state index in [0.717, 1.165) is 0 Å². The van der Waals surface area contributed by atoms with Crippen LogP contribution in [-0.4, -0.2) is 81.3 Å². The van der Waals surface area contributed by atoms with Crippen molar-refractivity contribution in [1.82, 2.24) is 19.8 Å². The average Bonchev–Trinajstić information content (AvgIpc) is 3.19. The molecule has 2 fully saturated rings. The molecule has 1 unspecified atom stereocenters. The van der Waals surface area contributed by atoms with Crippen molar-refractivity contribution >= 4 is 29.2 Å². The smallest absolute Gasteiger partial charge is 0.317 e. The Hall–Kier alpha value is -3.11. The van der Waals surface area contributed by atoms with Crippen molar-refractivity contribution in [1.29, 1.82) is 5.41 Å². The summed E-state index contributed by atoms with van der Waals surface area (Å²) in [6.07, 6.45) is 0.882. The van der Waals surface area contributed by atoms with Crippen LogP contribution in [0.15, 0.2) is 18.2 Å². The average molecular weight is 504 g/mol. The van der Waals surface area contributed by atoms with Gasteiger partial charge in [-0.3, -0.25) is 14.5 Å². The van der Waals surface area contributed by atoms with E-state index in [9.17, 15) is 14.0 Å². The fraction of sp³-hybridized carbons (Fsp3) is 0.458. The van der Waals surface area contributed by atoms with Crippen molar-refractivity contribution < 1.29 is 23.8 Å². The molecule has 0 aliphatic carbocycles. The van der Waals surface area contributed by atoms with Crippen LogP contribution >= 0.6 is 11.6 Å². The second-order valence-corrected chi connectivity index (χ2v) is 9.34. The molecule has 35 heavy (non-hydrogen) atoms. The number of aryl methyl sites for hydroxylation is 2. The van der Waals surface area contributed by atoms with E-state index < -0.39 is 17.7 Å². The Morgan fingerprint density at radius 2 is 1.89 bits per heavy atom. The number of ether oxygens (including phenoxy) is 1. The van der Waals surface area contributed by atoms with E-state index in [-0.39, 0.29) is 43.0 Å². The molecule has 1 amide bonds. The molecule has 186 valence electrons. The zero-order chi connectivity index (χ0) is 25.3. The first-order chi connectivity index (χ1) is 16.6. The number of carbonyl (C=O) groups is 2. The summed E-state index contributed by atoms with van der Waals surface area (Å²) in [6, 6.07) is 3.81. The van der Waals surface area contributed by atoms with Gasteiger partial charge in [0, 0.05) is 31.4 Å². The summed E-state index contributed by atoms with van der Waals surface area (Å²) >= 11 is 6.18. The molecule has 0 radical (unpaired) electrons. The van der Waals surface area contributed by atoms with E-state index in [4.69, 9.17) is 26.9 Å². The molecular weight excluding hydrogens is 477 g/mol. The predicted molar refractivity (Wildman–Crippen MR) is 127 cm³/mol. The number of likely N-dealkylation sites (tertiary alicyclic amines) is 2. The van der Waals surface area contributed by atoms with Crippen molar-refractivity contribution in [2.45, 2.75) is 38.7 Å². The molecule has 1 aromatic carbocycles. The summed E-state index contributed by atoms with van der Waals surface area (Å²) in [5, 5.41) is 17.9. The first kappa shape index (κ1) is 25.0. The molecule has 2 saturated heterocycles. The van der Waals surface area contributed by atoms with E-state index in [1.807, 2.05) is 4.90 Å². The molecule has 2 aliphatic rings. The number of carboxylic acid groups (broad SMARTS) is 1. The van der Waals surface area contributed by atoms with Gasteiger partial charge in [-0.05, 0) is 38.8 Å². The van der Waals surface area contributed by atoms with Gasteiger partial charge in [0.15, 0.2) is 0 Å². The van der Waals surface area contributed by atoms with E-state index >= 15 is 0 Å². The molecule has 1 aromatic heterocycles. The number of hydrogen-bond donors (Lipinski definition) is 2. The number of amides is 1. The Bertz CT molecular complexity index is 1150. The number of rotatable bonds is 6. The molecule has 2 aromatic rings. The lowest BCUT2D eigenvalue weighted by Gasteiger charge is -2.31. The van der Waals surface area contributed by atoms with Gasteiger partial charge in [-0.2, -0.15) is 0 Å². The van der Waals surface area contributed by atoms with Crippen LogP contribution in [0.5, 0.6) is 5.75 Å². The summed E-state index contributed by atoms with van der Waals surface area (Å²) in [6.45, 7) is 4.93. The van der Waals surface area contributed by atoms with Crippen LogP contribution in [0.4, 0.5) is 4.39 Å². The van der Waals surface area contributed by atoms with Gasteiger partial charge in [0.1, 0.15) is 23.5 Å². The highest BCUT2D eigenvalue weighted by Crippen LogP contribution is 2.30. The van der Waals surface area contributed by atoms with Gasteiger partial charge in [-0.25, -0.2) is 14.4 Å². The predicted octanol–water partition coefficient (Wildman–Crippen LogP) is 3.07. The van der Waals surface area contributed by atoms with Gasteiger partial charge in [0.2, 0.25) is 0 Å². The molecular formula is C24H27ClFN5O4. The highest BCUT2D eigenvalue weighted by molar-refractivity contribution is 6.31. The van der Waals surface area contributed by atoms with Crippen molar-refractivity contribution in [3.63, 3.8) is 0 Å². The van der Waals surface area contributed by atoms with Crippen LogP contribution in [0, 0.1) is 25.1 Å². The summed E-state index contributed by atoms with van der Waals surface area (Å²) in [5.41, 5.74) is 1.78. The molecule has 1 atom stereocenters. The number of nitrogens with zero attached hydrogens (tertiary/aromatic N) is 4. The third-order valence-corrected chi connectivity index (χ3v) is 6.89. The fourth-order valence-electron chi connectivity index (χ4n) is 4.48.